The van der Waals surface area contributed by atoms with E-state index in [0.29, 0.717) is 12.5 Å². The highest BCUT2D eigenvalue weighted by molar-refractivity contribution is 5.73. The molecule has 1 aliphatic heterocycles. The van der Waals surface area contributed by atoms with Gasteiger partial charge in [0.15, 0.2) is 0 Å². The van der Waals surface area contributed by atoms with Crippen molar-refractivity contribution in [3.8, 4) is 0 Å². The van der Waals surface area contributed by atoms with E-state index in [1.165, 1.54) is 0 Å². The van der Waals surface area contributed by atoms with Crippen LogP contribution in [0.25, 0.3) is 0 Å². The van der Waals surface area contributed by atoms with Gasteiger partial charge in [-0.2, -0.15) is 13.2 Å². The molecule has 1 fully saturated rings. The van der Waals surface area contributed by atoms with Gasteiger partial charge in [-0.3, -0.25) is 0 Å². The largest absolute Gasteiger partial charge is 0.405 e. The van der Waals surface area contributed by atoms with Crippen molar-refractivity contribution in [1.82, 2.24) is 15.5 Å². The molecule has 0 aliphatic carbocycles. The number of hydrogen-bond acceptors (Lipinski definition) is 2. The second-order valence-electron chi connectivity index (χ2n) is 4.10. The van der Waals surface area contributed by atoms with Crippen molar-refractivity contribution in [2.45, 2.75) is 12.6 Å². The van der Waals surface area contributed by atoms with Gasteiger partial charge in [-0.25, -0.2) is 4.79 Å². The van der Waals surface area contributed by atoms with Crippen molar-refractivity contribution < 1.29 is 18.0 Å². The molecule has 2 amide bonds. The predicted octanol–water partition coefficient (Wildman–Crippen LogP) is 0.800. The second kappa shape index (κ2) is 5.38. The molecule has 4 nitrogen and oxygen atoms in total. The molecule has 1 unspecified atom stereocenters. The Morgan fingerprint density at radius 2 is 2.12 bits per heavy atom. The summed E-state index contributed by atoms with van der Waals surface area (Å²) in [6.45, 7) is 0.980. The van der Waals surface area contributed by atoms with Gasteiger partial charge in [-0.15, -0.1) is 0 Å². The van der Waals surface area contributed by atoms with Crippen molar-refractivity contribution in [3.63, 3.8) is 0 Å². The summed E-state index contributed by atoms with van der Waals surface area (Å²) in [5.41, 5.74) is 0. The number of carbonyl (C=O) groups excluding carboxylic acids is 1. The summed E-state index contributed by atoms with van der Waals surface area (Å²) in [7, 11) is 1.98. The van der Waals surface area contributed by atoms with Crippen LogP contribution < -0.4 is 10.6 Å². The van der Waals surface area contributed by atoms with E-state index in [4.69, 9.17) is 0 Å². The number of carbonyl (C=O) groups is 1. The normalized spacial score (nSPS) is 22.1. The van der Waals surface area contributed by atoms with Gasteiger partial charge in [0.1, 0.15) is 6.54 Å². The Bertz CT molecular complexity index is 245. The highest BCUT2D eigenvalue weighted by Gasteiger charge is 2.28. The van der Waals surface area contributed by atoms with Crippen LogP contribution in [-0.4, -0.2) is 50.3 Å². The molecule has 0 saturated carbocycles. The van der Waals surface area contributed by atoms with Crippen LogP contribution in [-0.2, 0) is 0 Å². The Labute approximate surface area is 92.2 Å². The summed E-state index contributed by atoms with van der Waals surface area (Å²) in [4.78, 5) is 13.1. The molecule has 2 N–H and O–H groups in total. The fourth-order valence-corrected chi connectivity index (χ4v) is 1.67. The fraction of sp³-hybridized carbons (Fsp3) is 0.889. The van der Waals surface area contributed by atoms with E-state index in [-0.39, 0.29) is 0 Å². The number of alkyl halides is 3. The Morgan fingerprint density at radius 1 is 1.44 bits per heavy atom. The predicted molar refractivity (Wildman–Crippen MR) is 53.1 cm³/mol. The molecule has 0 aromatic heterocycles. The average molecular weight is 239 g/mol. The molecule has 1 atom stereocenters. The highest BCUT2D eigenvalue weighted by Crippen LogP contribution is 2.13. The molecule has 94 valence electrons. The number of nitrogens with zero attached hydrogens (tertiary/aromatic N) is 1. The number of amides is 2. The Hall–Kier alpha value is -0.980. The van der Waals surface area contributed by atoms with Crippen LogP contribution in [0.4, 0.5) is 18.0 Å². The Morgan fingerprint density at radius 3 is 2.62 bits per heavy atom. The first kappa shape index (κ1) is 13.1. The van der Waals surface area contributed by atoms with E-state index in [0.717, 1.165) is 19.5 Å². The minimum Gasteiger partial charge on any atom is -0.338 e. The van der Waals surface area contributed by atoms with E-state index >= 15 is 0 Å². The van der Waals surface area contributed by atoms with Crippen LogP contribution in [0.15, 0.2) is 0 Å². The lowest BCUT2D eigenvalue weighted by atomic mass is 10.1. The minimum absolute atomic E-state index is 0.335. The summed E-state index contributed by atoms with van der Waals surface area (Å²) in [6, 6.07) is -0.758. The van der Waals surface area contributed by atoms with E-state index in [1.807, 2.05) is 7.05 Å². The van der Waals surface area contributed by atoms with Gasteiger partial charge in [0.2, 0.25) is 0 Å². The third-order valence-corrected chi connectivity index (χ3v) is 2.49. The molecule has 1 saturated heterocycles. The van der Waals surface area contributed by atoms with Gasteiger partial charge in [0.05, 0.1) is 0 Å². The van der Waals surface area contributed by atoms with Crippen molar-refractivity contribution >= 4 is 6.03 Å². The Kier molecular flexibility index (Phi) is 4.40. The lowest BCUT2D eigenvalue weighted by Gasteiger charge is -2.13. The summed E-state index contributed by atoms with van der Waals surface area (Å²) in [5, 5.41) is 4.21. The van der Waals surface area contributed by atoms with Gasteiger partial charge in [0, 0.05) is 13.1 Å². The molecule has 0 radical (unpaired) electrons. The van der Waals surface area contributed by atoms with Crippen LogP contribution in [0.5, 0.6) is 0 Å². The molecule has 7 heteroatoms. The van der Waals surface area contributed by atoms with Crippen LogP contribution >= 0.6 is 0 Å². The molecule has 1 heterocycles. The fourth-order valence-electron chi connectivity index (χ4n) is 1.67. The van der Waals surface area contributed by atoms with Crippen molar-refractivity contribution in [3.05, 3.63) is 0 Å². The zero-order valence-electron chi connectivity index (χ0n) is 9.10. The van der Waals surface area contributed by atoms with Crippen molar-refractivity contribution in [2.24, 2.45) is 5.92 Å². The summed E-state index contributed by atoms with van der Waals surface area (Å²) >= 11 is 0. The first-order valence-electron chi connectivity index (χ1n) is 5.14. The quantitative estimate of drug-likeness (QED) is 0.765. The number of hydrogen-bond donors (Lipinski definition) is 2. The van der Waals surface area contributed by atoms with Crippen molar-refractivity contribution in [2.75, 3.05) is 33.2 Å². The van der Waals surface area contributed by atoms with E-state index in [2.05, 4.69) is 10.2 Å². The molecule has 1 rings (SSSR count). The number of rotatable bonds is 3. The third kappa shape index (κ3) is 5.20. The molecule has 0 aromatic rings. The topological polar surface area (TPSA) is 44.4 Å². The molecular weight excluding hydrogens is 223 g/mol. The van der Waals surface area contributed by atoms with Crippen molar-refractivity contribution in [1.29, 1.82) is 0 Å². The summed E-state index contributed by atoms with van der Waals surface area (Å²) < 4.78 is 35.3. The molecule has 0 bridgehead atoms. The monoisotopic (exact) mass is 239 g/mol. The maximum atomic E-state index is 11.8. The zero-order valence-corrected chi connectivity index (χ0v) is 9.10. The maximum Gasteiger partial charge on any atom is 0.405 e. The zero-order chi connectivity index (χ0) is 12.2. The van der Waals surface area contributed by atoms with Crippen LogP contribution in [0, 0.1) is 5.92 Å². The van der Waals surface area contributed by atoms with E-state index < -0.39 is 18.8 Å². The van der Waals surface area contributed by atoms with Crippen LogP contribution in [0.2, 0.25) is 0 Å². The molecular formula is C9H16F3N3O. The second-order valence-corrected chi connectivity index (χ2v) is 4.10. The standard InChI is InChI=1S/C9H16F3N3O/c1-15-3-2-7(5-15)4-13-8(16)14-6-9(10,11)12/h7H,2-6H2,1H3,(H2,13,14,16). The summed E-state index contributed by atoms with van der Waals surface area (Å²) in [5.74, 6) is 0.335. The van der Waals surface area contributed by atoms with Gasteiger partial charge < -0.3 is 15.5 Å². The number of nitrogens with one attached hydrogen (secondary N) is 2. The molecule has 16 heavy (non-hydrogen) atoms. The van der Waals surface area contributed by atoms with Gasteiger partial charge in [-0.1, -0.05) is 0 Å². The third-order valence-electron chi connectivity index (χ3n) is 2.49. The maximum absolute atomic E-state index is 11.8. The lowest BCUT2D eigenvalue weighted by molar-refractivity contribution is -0.122. The molecule has 0 spiro atoms. The van der Waals surface area contributed by atoms with Crippen LogP contribution in [0.3, 0.4) is 0 Å². The van der Waals surface area contributed by atoms with Gasteiger partial charge >= 0.3 is 12.2 Å². The smallest absolute Gasteiger partial charge is 0.338 e. The Balaban J connectivity index is 2.11. The van der Waals surface area contributed by atoms with E-state index in [9.17, 15) is 18.0 Å². The molecule has 1 aliphatic rings. The number of likely N-dealkylation sites (tertiary alicyclic amines) is 1. The number of halogens is 3. The highest BCUT2D eigenvalue weighted by atomic mass is 19.4. The van der Waals surface area contributed by atoms with Gasteiger partial charge in [0.25, 0.3) is 0 Å². The molecule has 0 aromatic carbocycles. The minimum atomic E-state index is -4.36. The SMILES string of the molecule is CN1CCC(CNC(=O)NCC(F)(F)F)C1. The number of urea groups is 1. The van der Waals surface area contributed by atoms with Crippen LogP contribution in [0.1, 0.15) is 6.42 Å². The van der Waals surface area contributed by atoms with Gasteiger partial charge in [-0.05, 0) is 25.9 Å². The summed E-state index contributed by atoms with van der Waals surface area (Å²) in [6.07, 6.45) is -3.39. The first-order chi connectivity index (χ1) is 7.37. The lowest BCUT2D eigenvalue weighted by Crippen LogP contribution is -2.42. The first-order valence-corrected chi connectivity index (χ1v) is 5.14. The van der Waals surface area contributed by atoms with E-state index in [1.54, 1.807) is 5.32 Å². The average Bonchev–Trinajstić information content (AvgIpc) is 2.57.